The molecule has 1 atom stereocenters. The third-order valence-corrected chi connectivity index (χ3v) is 3.38. The molecule has 0 saturated heterocycles. The predicted octanol–water partition coefficient (Wildman–Crippen LogP) is 4.73. The van der Waals surface area contributed by atoms with E-state index in [1.165, 1.54) is 0 Å². The first kappa shape index (κ1) is 15.6. The summed E-state index contributed by atoms with van der Waals surface area (Å²) >= 11 is 0. The van der Waals surface area contributed by atoms with Crippen molar-refractivity contribution in [2.24, 2.45) is 0 Å². The lowest BCUT2D eigenvalue weighted by Gasteiger charge is -2.19. The minimum absolute atomic E-state index is 0.104. The Bertz CT molecular complexity index is 561. The van der Waals surface area contributed by atoms with Crippen molar-refractivity contribution in [1.29, 1.82) is 0 Å². The van der Waals surface area contributed by atoms with Gasteiger partial charge in [0.15, 0.2) is 17.5 Å². The monoisotopic (exact) mass is 293 g/mol. The van der Waals surface area contributed by atoms with E-state index in [-0.39, 0.29) is 12.6 Å². The molecule has 0 amide bonds. The zero-order valence-electron chi connectivity index (χ0n) is 11.9. The van der Waals surface area contributed by atoms with Gasteiger partial charge in [-0.25, -0.2) is 13.2 Å². The summed E-state index contributed by atoms with van der Waals surface area (Å²) in [5, 5.41) is 3.27. The molecule has 2 rings (SSSR count). The van der Waals surface area contributed by atoms with Crippen LogP contribution in [0.4, 0.5) is 13.2 Å². The van der Waals surface area contributed by atoms with Gasteiger partial charge < -0.3 is 5.32 Å². The topological polar surface area (TPSA) is 12.0 Å². The maximum Gasteiger partial charge on any atom is 0.194 e. The van der Waals surface area contributed by atoms with Gasteiger partial charge in [0.2, 0.25) is 0 Å². The number of benzene rings is 2. The van der Waals surface area contributed by atoms with Crippen molar-refractivity contribution in [3.05, 3.63) is 71.0 Å². The average molecular weight is 293 g/mol. The molecule has 112 valence electrons. The average Bonchev–Trinajstić information content (AvgIpc) is 2.49. The maximum atomic E-state index is 13.2. The predicted molar refractivity (Wildman–Crippen MR) is 77.2 cm³/mol. The smallest absolute Gasteiger partial charge is 0.194 e. The fraction of sp³-hybridized carbons (Fsp3) is 0.294. The van der Waals surface area contributed by atoms with Gasteiger partial charge in [-0.1, -0.05) is 43.7 Å². The third kappa shape index (κ3) is 4.08. The highest BCUT2D eigenvalue weighted by molar-refractivity contribution is 5.21. The second kappa shape index (κ2) is 7.27. The first-order chi connectivity index (χ1) is 10.1. The minimum atomic E-state index is -1.42. The van der Waals surface area contributed by atoms with Crippen LogP contribution in [0.2, 0.25) is 0 Å². The van der Waals surface area contributed by atoms with Crippen molar-refractivity contribution in [2.75, 3.05) is 0 Å². The lowest BCUT2D eigenvalue weighted by molar-refractivity contribution is 0.441. The van der Waals surface area contributed by atoms with Crippen molar-refractivity contribution < 1.29 is 13.2 Å². The molecule has 0 spiro atoms. The van der Waals surface area contributed by atoms with Gasteiger partial charge in [0.05, 0.1) is 0 Å². The second-order valence-electron chi connectivity index (χ2n) is 5.01. The van der Waals surface area contributed by atoms with E-state index in [1.54, 1.807) is 0 Å². The number of halogens is 3. The largest absolute Gasteiger partial charge is 0.306 e. The molecule has 1 nitrogen and oxygen atoms in total. The van der Waals surface area contributed by atoms with E-state index in [0.29, 0.717) is 5.56 Å². The van der Waals surface area contributed by atoms with Crippen molar-refractivity contribution in [3.63, 3.8) is 0 Å². The fourth-order valence-electron chi connectivity index (χ4n) is 2.31. The van der Waals surface area contributed by atoms with Crippen LogP contribution in [-0.4, -0.2) is 0 Å². The van der Waals surface area contributed by atoms with Crippen LogP contribution >= 0.6 is 0 Å². The van der Waals surface area contributed by atoms with Crippen LogP contribution in [0.3, 0.4) is 0 Å². The van der Waals surface area contributed by atoms with E-state index >= 15 is 0 Å². The zero-order valence-corrected chi connectivity index (χ0v) is 11.9. The molecule has 0 aliphatic heterocycles. The summed E-state index contributed by atoms with van der Waals surface area (Å²) in [6.07, 6.45) is 1.90. The van der Waals surface area contributed by atoms with Gasteiger partial charge in [-0.15, -0.1) is 0 Å². The molecule has 0 aromatic heterocycles. The summed E-state index contributed by atoms with van der Waals surface area (Å²) < 4.78 is 39.3. The van der Waals surface area contributed by atoms with Crippen molar-refractivity contribution in [2.45, 2.75) is 32.4 Å². The van der Waals surface area contributed by atoms with Gasteiger partial charge >= 0.3 is 0 Å². The Kier molecular flexibility index (Phi) is 5.39. The fourth-order valence-corrected chi connectivity index (χ4v) is 2.31. The van der Waals surface area contributed by atoms with Crippen LogP contribution in [-0.2, 0) is 6.54 Å². The Morgan fingerprint density at radius 3 is 2.19 bits per heavy atom. The van der Waals surface area contributed by atoms with Gasteiger partial charge in [-0.2, -0.15) is 0 Å². The molecule has 2 aromatic carbocycles. The third-order valence-electron chi connectivity index (χ3n) is 3.38. The zero-order chi connectivity index (χ0) is 15.2. The van der Waals surface area contributed by atoms with E-state index in [9.17, 15) is 13.2 Å². The van der Waals surface area contributed by atoms with Crippen LogP contribution in [0.25, 0.3) is 0 Å². The summed E-state index contributed by atoms with van der Waals surface area (Å²) in [4.78, 5) is 0. The minimum Gasteiger partial charge on any atom is -0.306 e. The standard InChI is InChI=1S/C17H18F3N/c1-2-6-16(13-7-4-3-5-8-13)21-11-12-9-14(18)17(20)15(19)10-12/h3-5,7-10,16,21H,2,6,11H2,1H3. The SMILES string of the molecule is CCCC(NCc1cc(F)c(F)c(F)c1)c1ccccc1. The number of rotatable bonds is 6. The Hall–Kier alpha value is -1.81. The highest BCUT2D eigenvalue weighted by Gasteiger charge is 2.13. The van der Waals surface area contributed by atoms with Gasteiger partial charge in [0.25, 0.3) is 0 Å². The van der Waals surface area contributed by atoms with Crippen molar-refractivity contribution in [1.82, 2.24) is 5.32 Å². The lowest BCUT2D eigenvalue weighted by Crippen LogP contribution is -2.21. The van der Waals surface area contributed by atoms with Crippen molar-refractivity contribution >= 4 is 0 Å². The second-order valence-corrected chi connectivity index (χ2v) is 5.01. The molecule has 1 N–H and O–H groups in total. The summed E-state index contributed by atoms with van der Waals surface area (Å²) in [6.45, 7) is 2.36. The van der Waals surface area contributed by atoms with Gasteiger partial charge in [0.1, 0.15) is 0 Å². The van der Waals surface area contributed by atoms with Gasteiger partial charge in [-0.3, -0.25) is 0 Å². The number of nitrogens with one attached hydrogen (secondary N) is 1. The van der Waals surface area contributed by atoms with Crippen LogP contribution in [0.5, 0.6) is 0 Å². The summed E-state index contributed by atoms with van der Waals surface area (Å²) in [5.74, 6) is -3.73. The van der Waals surface area contributed by atoms with Gasteiger partial charge in [-0.05, 0) is 29.7 Å². The Morgan fingerprint density at radius 1 is 1.00 bits per heavy atom. The van der Waals surface area contributed by atoms with Crippen LogP contribution in [0, 0.1) is 17.5 Å². The van der Waals surface area contributed by atoms with E-state index < -0.39 is 17.5 Å². The van der Waals surface area contributed by atoms with E-state index in [2.05, 4.69) is 12.2 Å². The Labute approximate surface area is 122 Å². The van der Waals surface area contributed by atoms with Gasteiger partial charge in [0, 0.05) is 12.6 Å². The Morgan fingerprint density at radius 2 is 1.62 bits per heavy atom. The molecule has 0 heterocycles. The van der Waals surface area contributed by atoms with E-state index in [1.807, 2.05) is 30.3 Å². The van der Waals surface area contributed by atoms with Crippen LogP contribution in [0.15, 0.2) is 42.5 Å². The lowest BCUT2D eigenvalue weighted by atomic mass is 10.0. The molecule has 0 aliphatic rings. The molecule has 0 saturated carbocycles. The molecule has 1 unspecified atom stereocenters. The molecular weight excluding hydrogens is 275 g/mol. The molecule has 0 bridgehead atoms. The van der Waals surface area contributed by atoms with Crippen LogP contribution < -0.4 is 5.32 Å². The molecule has 0 radical (unpaired) electrons. The number of hydrogen-bond donors (Lipinski definition) is 1. The summed E-state index contributed by atoms with van der Waals surface area (Å²) in [6, 6.07) is 12.0. The first-order valence-electron chi connectivity index (χ1n) is 7.03. The molecule has 0 aliphatic carbocycles. The first-order valence-corrected chi connectivity index (χ1v) is 7.03. The highest BCUT2D eigenvalue weighted by atomic mass is 19.2. The number of hydrogen-bond acceptors (Lipinski definition) is 1. The van der Waals surface area contributed by atoms with E-state index in [4.69, 9.17) is 0 Å². The summed E-state index contributed by atoms with van der Waals surface area (Å²) in [7, 11) is 0. The quantitative estimate of drug-likeness (QED) is 0.759. The normalized spacial score (nSPS) is 12.4. The van der Waals surface area contributed by atoms with E-state index in [0.717, 1.165) is 30.5 Å². The Balaban J connectivity index is 2.09. The van der Waals surface area contributed by atoms with Crippen molar-refractivity contribution in [3.8, 4) is 0 Å². The maximum absolute atomic E-state index is 13.2. The molecule has 21 heavy (non-hydrogen) atoms. The summed E-state index contributed by atoms with van der Waals surface area (Å²) in [5.41, 5.74) is 1.52. The molecular formula is C17H18F3N. The molecule has 0 fully saturated rings. The molecule has 2 aromatic rings. The molecule has 4 heteroatoms. The highest BCUT2D eigenvalue weighted by Crippen LogP contribution is 2.20. The van der Waals surface area contributed by atoms with Crippen LogP contribution in [0.1, 0.15) is 36.9 Å².